The summed E-state index contributed by atoms with van der Waals surface area (Å²) in [7, 11) is -3.12. The second kappa shape index (κ2) is 5.83. The summed E-state index contributed by atoms with van der Waals surface area (Å²) in [6.07, 6.45) is 3.73. The van der Waals surface area contributed by atoms with Crippen LogP contribution in [-0.4, -0.2) is 13.7 Å². The molecule has 0 saturated heterocycles. The van der Waals surface area contributed by atoms with E-state index in [4.69, 9.17) is 5.73 Å². The smallest absolute Gasteiger partial charge is 0.157 e. The number of nitrogen functional groups attached to an aromatic ring is 1. The maximum absolute atomic E-state index is 12.5. The van der Waals surface area contributed by atoms with Crippen LogP contribution in [0.25, 0.3) is 0 Å². The van der Waals surface area contributed by atoms with Gasteiger partial charge in [0.15, 0.2) is 9.84 Å². The number of nitrogens with two attached hydrogens (primary N) is 1. The van der Waals surface area contributed by atoms with Gasteiger partial charge in [-0.3, -0.25) is 0 Å². The number of anilines is 1. The fourth-order valence-electron chi connectivity index (χ4n) is 2.75. The van der Waals surface area contributed by atoms with Crippen molar-refractivity contribution in [2.45, 2.75) is 43.6 Å². The maximum Gasteiger partial charge on any atom is 0.157 e. The van der Waals surface area contributed by atoms with Gasteiger partial charge in [0.2, 0.25) is 0 Å². The van der Waals surface area contributed by atoms with Crippen molar-refractivity contribution in [1.82, 2.24) is 0 Å². The van der Waals surface area contributed by atoms with Crippen molar-refractivity contribution >= 4 is 31.5 Å². The molecule has 3 nitrogen and oxygen atoms in total. The number of halogens is 1. The van der Waals surface area contributed by atoms with E-state index in [0.717, 1.165) is 30.2 Å². The number of sulfone groups is 1. The van der Waals surface area contributed by atoms with Gasteiger partial charge in [0.25, 0.3) is 0 Å². The highest BCUT2D eigenvalue weighted by molar-refractivity contribution is 9.10. The van der Waals surface area contributed by atoms with Gasteiger partial charge >= 0.3 is 0 Å². The van der Waals surface area contributed by atoms with E-state index in [1.54, 1.807) is 6.07 Å². The molecule has 0 heterocycles. The minimum Gasteiger partial charge on any atom is -0.398 e. The van der Waals surface area contributed by atoms with Crippen LogP contribution in [-0.2, 0) is 15.6 Å². The summed E-state index contributed by atoms with van der Waals surface area (Å²) in [4.78, 5) is 0. The number of hydrogen-bond donors (Lipinski definition) is 1. The van der Waals surface area contributed by atoms with Crippen LogP contribution >= 0.6 is 15.9 Å². The molecular formula is C14H20BrNO2S. The van der Waals surface area contributed by atoms with E-state index in [2.05, 4.69) is 22.9 Å². The minimum absolute atomic E-state index is 0.0393. The van der Waals surface area contributed by atoms with Crippen molar-refractivity contribution in [1.29, 1.82) is 0 Å². The first-order valence-electron chi connectivity index (χ1n) is 6.64. The maximum atomic E-state index is 12.5. The van der Waals surface area contributed by atoms with Gasteiger partial charge in [0, 0.05) is 15.7 Å². The summed E-state index contributed by atoms with van der Waals surface area (Å²) in [6.45, 7) is 2.13. The van der Waals surface area contributed by atoms with Crippen LogP contribution in [0.2, 0.25) is 0 Å². The molecule has 1 aromatic rings. The Morgan fingerprint density at radius 3 is 2.74 bits per heavy atom. The van der Waals surface area contributed by atoms with E-state index in [9.17, 15) is 8.42 Å². The van der Waals surface area contributed by atoms with Crippen LogP contribution in [0.5, 0.6) is 0 Å². The lowest BCUT2D eigenvalue weighted by Gasteiger charge is -2.26. The Bertz CT molecular complexity index is 536. The van der Waals surface area contributed by atoms with Gasteiger partial charge < -0.3 is 5.73 Å². The lowest BCUT2D eigenvalue weighted by molar-refractivity contribution is 0.382. The molecule has 1 saturated carbocycles. The molecule has 2 N–H and O–H groups in total. The third-order valence-electron chi connectivity index (χ3n) is 3.90. The normalized spacial score (nSPS) is 24.3. The Hall–Kier alpha value is -0.550. The highest BCUT2D eigenvalue weighted by Gasteiger charge is 2.31. The van der Waals surface area contributed by atoms with Gasteiger partial charge in [0.05, 0.1) is 11.0 Å². The Morgan fingerprint density at radius 2 is 2.11 bits per heavy atom. The molecule has 2 rings (SSSR count). The van der Waals surface area contributed by atoms with Gasteiger partial charge in [-0.2, -0.15) is 0 Å². The summed E-state index contributed by atoms with van der Waals surface area (Å²) >= 11 is 3.39. The van der Waals surface area contributed by atoms with Crippen molar-refractivity contribution in [2.75, 3.05) is 5.73 Å². The molecule has 1 fully saturated rings. The molecule has 5 heteroatoms. The highest BCUT2D eigenvalue weighted by Crippen LogP contribution is 2.32. The van der Waals surface area contributed by atoms with Crippen molar-refractivity contribution in [3.8, 4) is 0 Å². The summed E-state index contributed by atoms with van der Waals surface area (Å²) < 4.78 is 25.8. The van der Waals surface area contributed by atoms with Gasteiger partial charge in [-0.15, -0.1) is 0 Å². The summed E-state index contributed by atoms with van der Waals surface area (Å²) in [5, 5.41) is -0.206. The van der Waals surface area contributed by atoms with Crippen molar-refractivity contribution in [3.63, 3.8) is 0 Å². The zero-order valence-electron chi connectivity index (χ0n) is 11.1. The SMILES string of the molecule is CC1CCCC(S(=O)(=O)Cc2c(N)cccc2Br)C1. The standard InChI is InChI=1S/C14H20BrNO2S/c1-10-4-2-5-11(8-10)19(17,18)9-12-13(15)6-3-7-14(12)16/h3,6-7,10-11H,2,4-5,8-9,16H2,1H3. The molecular weight excluding hydrogens is 326 g/mol. The number of hydrogen-bond acceptors (Lipinski definition) is 3. The predicted octanol–water partition coefficient (Wildman–Crippen LogP) is 3.52. The van der Waals surface area contributed by atoms with Crippen molar-refractivity contribution in [3.05, 3.63) is 28.2 Å². The topological polar surface area (TPSA) is 60.2 Å². The third-order valence-corrected chi connectivity index (χ3v) is 6.77. The fourth-order valence-corrected chi connectivity index (χ4v) is 5.57. The Morgan fingerprint density at radius 1 is 1.37 bits per heavy atom. The molecule has 0 amide bonds. The number of rotatable bonds is 3. The first-order valence-corrected chi connectivity index (χ1v) is 9.15. The highest BCUT2D eigenvalue weighted by atomic mass is 79.9. The summed E-state index contributed by atoms with van der Waals surface area (Å²) in [5.74, 6) is 0.544. The third kappa shape index (κ3) is 3.51. The average Bonchev–Trinajstić information content (AvgIpc) is 2.34. The molecule has 0 aliphatic heterocycles. The summed E-state index contributed by atoms with van der Waals surface area (Å²) in [5.41, 5.74) is 7.13. The second-order valence-electron chi connectivity index (χ2n) is 5.51. The Labute approximate surface area is 123 Å². The van der Waals surface area contributed by atoms with E-state index in [-0.39, 0.29) is 11.0 Å². The van der Waals surface area contributed by atoms with Crippen LogP contribution in [0.3, 0.4) is 0 Å². The molecule has 0 spiro atoms. The van der Waals surface area contributed by atoms with E-state index in [1.807, 2.05) is 12.1 Å². The molecule has 19 heavy (non-hydrogen) atoms. The molecule has 0 bridgehead atoms. The first-order chi connectivity index (χ1) is 8.90. The van der Waals surface area contributed by atoms with Crippen LogP contribution in [0.1, 0.15) is 38.2 Å². The Kier molecular flexibility index (Phi) is 4.56. The monoisotopic (exact) mass is 345 g/mol. The van der Waals surface area contributed by atoms with Gasteiger partial charge in [0.1, 0.15) is 0 Å². The second-order valence-corrected chi connectivity index (χ2v) is 8.64. The number of benzene rings is 1. The van der Waals surface area contributed by atoms with Crippen LogP contribution in [0.15, 0.2) is 22.7 Å². The molecule has 2 atom stereocenters. The average molecular weight is 346 g/mol. The summed E-state index contributed by atoms with van der Waals surface area (Å²) in [6, 6.07) is 5.40. The van der Waals surface area contributed by atoms with Crippen LogP contribution in [0.4, 0.5) is 5.69 Å². The Balaban J connectivity index is 2.21. The lowest BCUT2D eigenvalue weighted by atomic mass is 9.91. The molecule has 0 aromatic heterocycles. The van der Waals surface area contributed by atoms with Crippen molar-refractivity contribution < 1.29 is 8.42 Å². The minimum atomic E-state index is -3.12. The van der Waals surface area contributed by atoms with Gasteiger partial charge in [-0.25, -0.2) is 8.42 Å². The van der Waals surface area contributed by atoms with E-state index < -0.39 is 9.84 Å². The lowest BCUT2D eigenvalue weighted by Crippen LogP contribution is -2.28. The quantitative estimate of drug-likeness (QED) is 0.852. The molecule has 106 valence electrons. The van der Waals surface area contributed by atoms with E-state index >= 15 is 0 Å². The van der Waals surface area contributed by atoms with Crippen molar-refractivity contribution in [2.24, 2.45) is 5.92 Å². The zero-order valence-corrected chi connectivity index (χ0v) is 13.5. The molecule has 2 unspecified atom stereocenters. The molecule has 1 aliphatic carbocycles. The van der Waals surface area contributed by atoms with Crippen LogP contribution < -0.4 is 5.73 Å². The molecule has 0 radical (unpaired) electrons. The van der Waals surface area contributed by atoms with Gasteiger partial charge in [-0.1, -0.05) is 41.8 Å². The van der Waals surface area contributed by atoms with E-state index in [1.165, 1.54) is 0 Å². The first kappa shape index (κ1) is 14.9. The van der Waals surface area contributed by atoms with E-state index in [0.29, 0.717) is 17.2 Å². The zero-order chi connectivity index (χ0) is 14.0. The molecule has 1 aliphatic rings. The molecule has 1 aromatic carbocycles. The largest absolute Gasteiger partial charge is 0.398 e. The fraction of sp³-hybridized carbons (Fsp3) is 0.571. The van der Waals surface area contributed by atoms with Crippen LogP contribution in [0, 0.1) is 5.92 Å². The predicted molar refractivity (Wildman–Crippen MR) is 82.6 cm³/mol. The van der Waals surface area contributed by atoms with Gasteiger partial charge in [-0.05, 0) is 30.9 Å².